The molecule has 0 spiro atoms. The molecule has 1 aromatic rings. The molecule has 2 N–H and O–H groups in total. The highest BCUT2D eigenvalue weighted by molar-refractivity contribution is 5.67. The van der Waals surface area contributed by atoms with Crippen molar-refractivity contribution in [2.45, 2.75) is 19.3 Å². The van der Waals surface area contributed by atoms with Crippen LogP contribution in [0.4, 0.5) is 11.5 Å². The molecule has 0 atom stereocenters. The first kappa shape index (κ1) is 10.0. The van der Waals surface area contributed by atoms with E-state index in [4.69, 9.17) is 10.5 Å². The Balaban J connectivity index is 2.26. The normalized spacial score (nSPS) is 16.5. The topological polar surface area (TPSA) is 64.3 Å². The van der Waals surface area contributed by atoms with E-state index in [0.717, 1.165) is 18.9 Å². The third kappa shape index (κ3) is 1.95. The van der Waals surface area contributed by atoms with Crippen LogP contribution in [0.2, 0.25) is 0 Å². The molecule has 1 aliphatic rings. The van der Waals surface area contributed by atoms with Gasteiger partial charge in [-0.3, -0.25) is 0 Å². The van der Waals surface area contributed by atoms with Crippen molar-refractivity contribution in [3.05, 3.63) is 6.33 Å². The summed E-state index contributed by atoms with van der Waals surface area (Å²) in [6, 6.07) is 0. The molecule has 1 saturated heterocycles. The van der Waals surface area contributed by atoms with Crippen molar-refractivity contribution in [3.63, 3.8) is 0 Å². The predicted molar refractivity (Wildman–Crippen MR) is 59.1 cm³/mol. The molecular weight excluding hydrogens is 192 g/mol. The summed E-state index contributed by atoms with van der Waals surface area (Å²) < 4.78 is 5.07. The summed E-state index contributed by atoms with van der Waals surface area (Å²) >= 11 is 0. The summed E-state index contributed by atoms with van der Waals surface area (Å²) in [6.07, 6.45) is 5.19. The molecule has 0 aromatic carbocycles. The standard InChI is InChI=1S/C10H16N4O/c1-15-10-8(11)9(12-7-13-10)14-5-3-2-4-6-14/h7H,2-6,11H2,1H3. The number of nitrogens with zero attached hydrogens (tertiary/aromatic N) is 3. The van der Waals surface area contributed by atoms with Crippen LogP contribution in [0.1, 0.15) is 19.3 Å². The van der Waals surface area contributed by atoms with Crippen LogP contribution < -0.4 is 15.4 Å². The number of hydrogen-bond donors (Lipinski definition) is 1. The van der Waals surface area contributed by atoms with Crippen LogP contribution in [0.25, 0.3) is 0 Å². The minimum atomic E-state index is 0.463. The van der Waals surface area contributed by atoms with E-state index >= 15 is 0 Å². The van der Waals surface area contributed by atoms with Crippen molar-refractivity contribution in [1.29, 1.82) is 0 Å². The second kappa shape index (κ2) is 4.33. The highest BCUT2D eigenvalue weighted by Gasteiger charge is 2.17. The first-order valence-corrected chi connectivity index (χ1v) is 5.22. The van der Waals surface area contributed by atoms with Gasteiger partial charge in [-0.25, -0.2) is 4.98 Å². The van der Waals surface area contributed by atoms with Gasteiger partial charge in [-0.1, -0.05) is 0 Å². The van der Waals surface area contributed by atoms with Crippen molar-refractivity contribution in [3.8, 4) is 5.88 Å². The van der Waals surface area contributed by atoms with Gasteiger partial charge in [0.05, 0.1) is 7.11 Å². The van der Waals surface area contributed by atoms with Gasteiger partial charge in [0.15, 0.2) is 5.82 Å². The zero-order chi connectivity index (χ0) is 10.7. The second-order valence-electron chi connectivity index (χ2n) is 3.67. The van der Waals surface area contributed by atoms with Gasteiger partial charge in [-0.2, -0.15) is 4.98 Å². The average Bonchev–Trinajstić information content (AvgIpc) is 2.30. The van der Waals surface area contributed by atoms with Gasteiger partial charge in [-0.15, -0.1) is 0 Å². The van der Waals surface area contributed by atoms with E-state index in [0.29, 0.717) is 11.6 Å². The van der Waals surface area contributed by atoms with Gasteiger partial charge in [0.25, 0.3) is 0 Å². The molecule has 82 valence electrons. The fraction of sp³-hybridized carbons (Fsp3) is 0.600. The fourth-order valence-corrected chi connectivity index (χ4v) is 1.89. The third-order valence-corrected chi connectivity index (χ3v) is 2.68. The number of methoxy groups -OCH3 is 1. The lowest BCUT2D eigenvalue weighted by Gasteiger charge is -2.28. The summed E-state index contributed by atoms with van der Waals surface area (Å²) in [6.45, 7) is 2.04. The van der Waals surface area contributed by atoms with E-state index in [-0.39, 0.29) is 0 Å². The Labute approximate surface area is 89.3 Å². The summed E-state index contributed by atoms with van der Waals surface area (Å²) in [5.41, 5.74) is 6.48. The van der Waals surface area contributed by atoms with Gasteiger partial charge < -0.3 is 15.4 Å². The molecule has 2 rings (SSSR count). The van der Waals surface area contributed by atoms with Crippen molar-refractivity contribution >= 4 is 11.5 Å². The molecule has 15 heavy (non-hydrogen) atoms. The van der Waals surface area contributed by atoms with Crippen molar-refractivity contribution in [1.82, 2.24) is 9.97 Å². The Kier molecular flexibility index (Phi) is 2.89. The minimum Gasteiger partial charge on any atom is -0.479 e. The minimum absolute atomic E-state index is 0.463. The van der Waals surface area contributed by atoms with Crippen LogP contribution in [0.3, 0.4) is 0 Å². The molecule has 0 amide bonds. The van der Waals surface area contributed by atoms with Crippen LogP contribution in [-0.4, -0.2) is 30.2 Å². The highest BCUT2D eigenvalue weighted by Crippen LogP contribution is 2.29. The molecule has 0 radical (unpaired) electrons. The van der Waals surface area contributed by atoms with Crippen LogP contribution in [0.15, 0.2) is 6.33 Å². The van der Waals surface area contributed by atoms with E-state index in [1.807, 2.05) is 0 Å². The summed E-state index contributed by atoms with van der Waals surface area (Å²) in [5, 5.41) is 0. The zero-order valence-electron chi connectivity index (χ0n) is 8.94. The van der Waals surface area contributed by atoms with Crippen molar-refractivity contribution < 1.29 is 4.74 Å². The fourth-order valence-electron chi connectivity index (χ4n) is 1.89. The number of hydrogen-bond acceptors (Lipinski definition) is 5. The molecule has 0 unspecified atom stereocenters. The quantitative estimate of drug-likeness (QED) is 0.787. The van der Waals surface area contributed by atoms with E-state index in [9.17, 15) is 0 Å². The number of ether oxygens (including phenoxy) is 1. The molecular formula is C10H16N4O. The Bertz CT molecular complexity index is 336. The Morgan fingerprint density at radius 1 is 1.27 bits per heavy atom. The molecule has 1 aliphatic heterocycles. The summed E-state index contributed by atoms with van der Waals surface area (Å²) in [7, 11) is 1.57. The third-order valence-electron chi connectivity index (χ3n) is 2.68. The van der Waals surface area contributed by atoms with E-state index < -0.39 is 0 Å². The number of nitrogen functional groups attached to an aromatic ring is 1. The van der Waals surface area contributed by atoms with Gasteiger partial charge in [0.2, 0.25) is 5.88 Å². The average molecular weight is 208 g/mol. The molecule has 0 saturated carbocycles. The monoisotopic (exact) mass is 208 g/mol. The smallest absolute Gasteiger partial charge is 0.242 e. The lowest BCUT2D eigenvalue weighted by Crippen LogP contribution is -2.31. The van der Waals surface area contributed by atoms with Crippen LogP contribution in [-0.2, 0) is 0 Å². The number of rotatable bonds is 2. The molecule has 1 fully saturated rings. The van der Waals surface area contributed by atoms with E-state index in [1.165, 1.54) is 25.6 Å². The van der Waals surface area contributed by atoms with Gasteiger partial charge in [0.1, 0.15) is 12.0 Å². The first-order valence-electron chi connectivity index (χ1n) is 5.22. The molecule has 5 heteroatoms. The number of nitrogens with two attached hydrogens (primary N) is 1. The highest BCUT2D eigenvalue weighted by atomic mass is 16.5. The van der Waals surface area contributed by atoms with Gasteiger partial charge in [-0.05, 0) is 19.3 Å². The molecule has 1 aromatic heterocycles. The number of aromatic nitrogens is 2. The Morgan fingerprint density at radius 3 is 2.67 bits per heavy atom. The molecule has 5 nitrogen and oxygen atoms in total. The summed E-state index contributed by atoms with van der Waals surface area (Å²) in [5.74, 6) is 1.27. The molecule has 0 bridgehead atoms. The maximum Gasteiger partial charge on any atom is 0.242 e. The van der Waals surface area contributed by atoms with E-state index in [2.05, 4.69) is 14.9 Å². The van der Waals surface area contributed by atoms with Crippen molar-refractivity contribution in [2.75, 3.05) is 30.8 Å². The van der Waals surface area contributed by atoms with Crippen LogP contribution in [0, 0.1) is 0 Å². The van der Waals surface area contributed by atoms with Gasteiger partial charge >= 0.3 is 0 Å². The number of piperidine rings is 1. The van der Waals surface area contributed by atoms with Crippen LogP contribution >= 0.6 is 0 Å². The van der Waals surface area contributed by atoms with Crippen LogP contribution in [0.5, 0.6) is 5.88 Å². The number of anilines is 2. The first-order chi connectivity index (χ1) is 7.33. The SMILES string of the molecule is COc1ncnc(N2CCCCC2)c1N. The zero-order valence-corrected chi connectivity index (χ0v) is 8.94. The second-order valence-corrected chi connectivity index (χ2v) is 3.67. The molecule has 0 aliphatic carbocycles. The molecule has 2 heterocycles. The Morgan fingerprint density at radius 2 is 2.00 bits per heavy atom. The largest absolute Gasteiger partial charge is 0.479 e. The maximum atomic E-state index is 5.93. The lowest BCUT2D eigenvalue weighted by molar-refractivity contribution is 0.399. The van der Waals surface area contributed by atoms with Gasteiger partial charge in [0, 0.05) is 13.1 Å². The lowest BCUT2D eigenvalue weighted by atomic mass is 10.1. The van der Waals surface area contributed by atoms with Crippen molar-refractivity contribution in [2.24, 2.45) is 0 Å². The van der Waals surface area contributed by atoms with E-state index in [1.54, 1.807) is 7.11 Å². The Hall–Kier alpha value is -1.52. The maximum absolute atomic E-state index is 5.93. The summed E-state index contributed by atoms with van der Waals surface area (Å²) in [4.78, 5) is 10.4. The predicted octanol–water partition coefficient (Wildman–Crippen LogP) is 1.06.